The van der Waals surface area contributed by atoms with Gasteiger partial charge in [-0.3, -0.25) is 9.59 Å². The van der Waals surface area contributed by atoms with Crippen LogP contribution in [0, 0.1) is 6.92 Å². The molecule has 0 bridgehead atoms. The summed E-state index contributed by atoms with van der Waals surface area (Å²) < 4.78 is 10.9. The summed E-state index contributed by atoms with van der Waals surface area (Å²) in [6, 6.07) is 12.3. The third-order valence-electron chi connectivity index (χ3n) is 3.84. The molecule has 0 fully saturated rings. The molecule has 144 valence electrons. The molecule has 7 heteroatoms. The number of rotatable bonds is 7. The number of benzene rings is 2. The first-order valence-corrected chi connectivity index (χ1v) is 8.79. The van der Waals surface area contributed by atoms with Gasteiger partial charge in [0.15, 0.2) is 6.10 Å². The number of nitrogens with one attached hydrogen (secondary N) is 1. The Balaban J connectivity index is 1.95. The molecule has 0 aromatic heterocycles. The van der Waals surface area contributed by atoms with Crippen molar-refractivity contribution in [2.75, 3.05) is 26.0 Å². The molecule has 0 spiro atoms. The van der Waals surface area contributed by atoms with E-state index in [0.29, 0.717) is 22.2 Å². The molecule has 0 heterocycles. The first-order chi connectivity index (χ1) is 12.8. The zero-order valence-electron chi connectivity index (χ0n) is 15.8. The molecule has 27 heavy (non-hydrogen) atoms. The molecule has 0 aliphatic heterocycles. The number of methoxy groups -OCH3 is 1. The molecule has 2 rings (SSSR count). The Hall–Kier alpha value is -2.73. The SMILES string of the molecule is COc1ccc(Cl)cc1NC(=O)CN(C)C(=O)C(C)Oc1cccc(C)c1. The topological polar surface area (TPSA) is 67.9 Å². The van der Waals surface area contributed by atoms with Gasteiger partial charge in [0.25, 0.3) is 5.91 Å². The summed E-state index contributed by atoms with van der Waals surface area (Å²) in [7, 11) is 3.05. The van der Waals surface area contributed by atoms with E-state index in [9.17, 15) is 9.59 Å². The zero-order valence-corrected chi connectivity index (χ0v) is 16.5. The number of hydrogen-bond donors (Lipinski definition) is 1. The van der Waals surface area contributed by atoms with Crippen LogP contribution in [0.1, 0.15) is 12.5 Å². The van der Waals surface area contributed by atoms with Gasteiger partial charge in [0, 0.05) is 12.1 Å². The van der Waals surface area contributed by atoms with Crippen LogP contribution in [0.2, 0.25) is 5.02 Å². The number of aryl methyl sites for hydroxylation is 1. The lowest BCUT2D eigenvalue weighted by molar-refractivity contribution is -0.139. The summed E-state index contributed by atoms with van der Waals surface area (Å²) in [4.78, 5) is 26.1. The van der Waals surface area contributed by atoms with Crippen LogP contribution < -0.4 is 14.8 Å². The molecule has 1 atom stereocenters. The highest BCUT2D eigenvalue weighted by atomic mass is 35.5. The van der Waals surface area contributed by atoms with E-state index in [0.717, 1.165) is 5.56 Å². The van der Waals surface area contributed by atoms with Gasteiger partial charge in [0.2, 0.25) is 5.91 Å². The minimum Gasteiger partial charge on any atom is -0.495 e. The van der Waals surface area contributed by atoms with Gasteiger partial charge in [0.05, 0.1) is 19.3 Å². The van der Waals surface area contributed by atoms with Crippen molar-refractivity contribution in [3.8, 4) is 11.5 Å². The third-order valence-corrected chi connectivity index (χ3v) is 4.08. The van der Waals surface area contributed by atoms with Crippen molar-refractivity contribution < 1.29 is 19.1 Å². The maximum absolute atomic E-state index is 12.5. The number of hydrogen-bond acceptors (Lipinski definition) is 4. The largest absolute Gasteiger partial charge is 0.495 e. The van der Waals surface area contributed by atoms with Crippen molar-refractivity contribution in [1.29, 1.82) is 0 Å². The molecule has 0 saturated heterocycles. The Labute approximate surface area is 164 Å². The minimum absolute atomic E-state index is 0.129. The quantitative estimate of drug-likeness (QED) is 0.785. The number of carbonyl (C=O) groups excluding carboxylic acids is 2. The monoisotopic (exact) mass is 390 g/mol. The summed E-state index contributed by atoms with van der Waals surface area (Å²) in [5, 5.41) is 3.17. The summed E-state index contributed by atoms with van der Waals surface area (Å²) >= 11 is 5.96. The second kappa shape index (κ2) is 9.28. The van der Waals surface area contributed by atoms with Gasteiger partial charge < -0.3 is 19.7 Å². The van der Waals surface area contributed by atoms with Crippen LogP contribution >= 0.6 is 11.6 Å². The number of carbonyl (C=O) groups is 2. The number of halogens is 1. The maximum Gasteiger partial charge on any atom is 0.263 e. The van der Waals surface area contributed by atoms with E-state index in [-0.39, 0.29) is 18.4 Å². The van der Waals surface area contributed by atoms with Crippen LogP contribution in [0.5, 0.6) is 11.5 Å². The molecule has 2 aromatic rings. The lowest BCUT2D eigenvalue weighted by atomic mass is 10.2. The molecular formula is C20H23ClN2O4. The molecular weight excluding hydrogens is 368 g/mol. The van der Waals surface area contributed by atoms with Gasteiger partial charge in [-0.05, 0) is 49.7 Å². The van der Waals surface area contributed by atoms with Crippen molar-refractivity contribution in [3.05, 3.63) is 53.1 Å². The van der Waals surface area contributed by atoms with Crippen molar-refractivity contribution in [1.82, 2.24) is 4.90 Å². The van der Waals surface area contributed by atoms with E-state index < -0.39 is 6.10 Å². The second-order valence-electron chi connectivity index (χ2n) is 6.16. The lowest BCUT2D eigenvalue weighted by Gasteiger charge is -2.22. The Morgan fingerprint density at radius 1 is 1.22 bits per heavy atom. The second-order valence-corrected chi connectivity index (χ2v) is 6.60. The number of nitrogens with zero attached hydrogens (tertiary/aromatic N) is 1. The first kappa shape index (κ1) is 20.6. The van der Waals surface area contributed by atoms with Crippen LogP contribution in [-0.4, -0.2) is 43.5 Å². The van der Waals surface area contributed by atoms with Crippen LogP contribution in [0.3, 0.4) is 0 Å². The van der Waals surface area contributed by atoms with Gasteiger partial charge in [0.1, 0.15) is 11.5 Å². The molecule has 2 amide bonds. The first-order valence-electron chi connectivity index (χ1n) is 8.42. The molecule has 0 aliphatic rings. The molecule has 2 aromatic carbocycles. The van der Waals surface area contributed by atoms with Crippen molar-refractivity contribution in [2.24, 2.45) is 0 Å². The van der Waals surface area contributed by atoms with E-state index in [1.165, 1.54) is 12.0 Å². The highest BCUT2D eigenvalue weighted by molar-refractivity contribution is 6.31. The van der Waals surface area contributed by atoms with Gasteiger partial charge in [-0.2, -0.15) is 0 Å². The summed E-state index contributed by atoms with van der Waals surface area (Å²) in [5.41, 5.74) is 1.48. The Bertz CT molecular complexity index is 825. The Morgan fingerprint density at radius 3 is 2.63 bits per heavy atom. The van der Waals surface area contributed by atoms with Crippen LogP contribution in [0.4, 0.5) is 5.69 Å². The number of anilines is 1. The zero-order chi connectivity index (χ0) is 20.0. The van der Waals surface area contributed by atoms with E-state index in [1.807, 2.05) is 25.1 Å². The summed E-state index contributed by atoms with van der Waals surface area (Å²) in [6.45, 7) is 3.47. The number of ether oxygens (including phenoxy) is 2. The van der Waals surface area contributed by atoms with Gasteiger partial charge in [-0.25, -0.2) is 0 Å². The Kier molecular flexibility index (Phi) is 7.07. The predicted molar refractivity (Wildman–Crippen MR) is 106 cm³/mol. The van der Waals surface area contributed by atoms with E-state index >= 15 is 0 Å². The van der Waals surface area contributed by atoms with E-state index in [4.69, 9.17) is 21.1 Å². The number of amides is 2. The molecule has 1 N–H and O–H groups in total. The van der Waals surface area contributed by atoms with Crippen LogP contribution in [-0.2, 0) is 9.59 Å². The summed E-state index contributed by atoms with van der Waals surface area (Å²) in [6.07, 6.45) is -0.717. The smallest absolute Gasteiger partial charge is 0.263 e. The third kappa shape index (κ3) is 5.89. The normalized spacial score (nSPS) is 11.4. The fraction of sp³-hybridized carbons (Fsp3) is 0.300. The Morgan fingerprint density at radius 2 is 1.96 bits per heavy atom. The summed E-state index contributed by atoms with van der Waals surface area (Å²) in [5.74, 6) is 0.425. The fourth-order valence-electron chi connectivity index (χ4n) is 2.51. The fourth-order valence-corrected chi connectivity index (χ4v) is 2.69. The highest BCUT2D eigenvalue weighted by Crippen LogP contribution is 2.27. The highest BCUT2D eigenvalue weighted by Gasteiger charge is 2.21. The minimum atomic E-state index is -0.717. The van der Waals surface area contributed by atoms with Crippen molar-refractivity contribution >= 4 is 29.1 Å². The molecule has 0 radical (unpaired) electrons. The molecule has 0 aliphatic carbocycles. The molecule has 6 nitrogen and oxygen atoms in total. The lowest BCUT2D eigenvalue weighted by Crippen LogP contribution is -2.42. The predicted octanol–water partition coefficient (Wildman–Crippen LogP) is 3.52. The average Bonchev–Trinajstić information content (AvgIpc) is 2.61. The standard InChI is InChI=1S/C20H23ClN2O4/c1-13-6-5-7-16(10-13)27-14(2)20(25)23(3)12-19(24)22-17-11-15(21)8-9-18(17)26-4/h5-11,14H,12H2,1-4H3,(H,22,24). The van der Waals surface area contributed by atoms with Crippen molar-refractivity contribution in [2.45, 2.75) is 20.0 Å². The average molecular weight is 391 g/mol. The van der Waals surface area contributed by atoms with Gasteiger partial charge in [-0.1, -0.05) is 23.7 Å². The molecule has 0 saturated carbocycles. The molecule has 1 unspecified atom stereocenters. The number of likely N-dealkylation sites (N-methyl/N-ethyl adjacent to an activating group) is 1. The van der Waals surface area contributed by atoms with Crippen LogP contribution in [0.25, 0.3) is 0 Å². The van der Waals surface area contributed by atoms with Gasteiger partial charge >= 0.3 is 0 Å². The maximum atomic E-state index is 12.5. The van der Waals surface area contributed by atoms with E-state index in [1.54, 1.807) is 38.2 Å². The van der Waals surface area contributed by atoms with E-state index in [2.05, 4.69) is 5.32 Å². The van der Waals surface area contributed by atoms with Gasteiger partial charge in [-0.15, -0.1) is 0 Å². The van der Waals surface area contributed by atoms with Crippen molar-refractivity contribution in [3.63, 3.8) is 0 Å². The van der Waals surface area contributed by atoms with Crippen LogP contribution in [0.15, 0.2) is 42.5 Å².